The number of alkyl halides is 1. The molecule has 0 N–H and O–H groups in total. The molecule has 5 heteroatoms. The molecule has 1 aromatic carbocycles. The van der Waals surface area contributed by atoms with Crippen LogP contribution in [0.2, 0.25) is 0 Å². The van der Waals surface area contributed by atoms with Crippen molar-refractivity contribution in [3.8, 4) is 0 Å². The number of benzene rings is 1. The maximum absolute atomic E-state index is 6.01. The summed E-state index contributed by atoms with van der Waals surface area (Å²) in [6.45, 7) is 3.11. The van der Waals surface area contributed by atoms with Gasteiger partial charge in [0.1, 0.15) is 5.82 Å². The SMILES string of the molecule is CC(Cn1c(CCl)nc2cc(I)ccc21)N(C)C. The standard InChI is InChI=1S/C13H17ClIN3/c1-9(17(2)3)8-18-12-5-4-10(15)6-11(12)16-13(18)7-14/h4-6,9H,7-8H2,1-3H3. The van der Waals surface area contributed by atoms with Crippen molar-refractivity contribution in [3.05, 3.63) is 27.6 Å². The maximum Gasteiger partial charge on any atom is 0.124 e. The molecule has 1 heterocycles. The van der Waals surface area contributed by atoms with Crippen molar-refractivity contribution >= 4 is 45.2 Å². The first-order valence-corrected chi connectivity index (χ1v) is 7.51. The van der Waals surface area contributed by atoms with E-state index in [0.717, 1.165) is 17.9 Å². The van der Waals surface area contributed by atoms with Gasteiger partial charge in [-0.25, -0.2) is 4.98 Å². The van der Waals surface area contributed by atoms with E-state index in [0.29, 0.717) is 11.9 Å². The lowest BCUT2D eigenvalue weighted by Crippen LogP contribution is -2.29. The molecule has 1 atom stereocenters. The van der Waals surface area contributed by atoms with Gasteiger partial charge in [0, 0.05) is 16.2 Å². The first-order chi connectivity index (χ1) is 8.52. The van der Waals surface area contributed by atoms with Gasteiger partial charge in [0.25, 0.3) is 0 Å². The van der Waals surface area contributed by atoms with Gasteiger partial charge in [0.15, 0.2) is 0 Å². The van der Waals surface area contributed by atoms with Crippen molar-refractivity contribution in [3.63, 3.8) is 0 Å². The molecule has 0 fully saturated rings. The van der Waals surface area contributed by atoms with Crippen molar-refractivity contribution in [2.24, 2.45) is 0 Å². The fourth-order valence-electron chi connectivity index (χ4n) is 1.89. The molecule has 2 rings (SSSR count). The van der Waals surface area contributed by atoms with Crippen molar-refractivity contribution in [2.75, 3.05) is 14.1 Å². The molecule has 0 saturated carbocycles. The predicted molar refractivity (Wildman–Crippen MR) is 85.2 cm³/mol. The Bertz CT molecular complexity index is 550. The van der Waals surface area contributed by atoms with E-state index in [9.17, 15) is 0 Å². The fraction of sp³-hybridized carbons (Fsp3) is 0.462. The molecule has 2 aromatic rings. The lowest BCUT2D eigenvalue weighted by atomic mass is 10.3. The maximum atomic E-state index is 6.01. The number of likely N-dealkylation sites (N-methyl/N-ethyl adjacent to an activating group) is 1. The molecule has 0 bridgehead atoms. The van der Waals surface area contributed by atoms with Gasteiger partial charge in [-0.05, 0) is 61.8 Å². The Morgan fingerprint density at radius 1 is 1.44 bits per heavy atom. The number of halogens is 2. The van der Waals surface area contributed by atoms with Gasteiger partial charge in [-0.15, -0.1) is 11.6 Å². The van der Waals surface area contributed by atoms with Gasteiger partial charge in [0.2, 0.25) is 0 Å². The number of fused-ring (bicyclic) bond motifs is 1. The van der Waals surface area contributed by atoms with Crippen LogP contribution < -0.4 is 0 Å². The molecule has 18 heavy (non-hydrogen) atoms. The van der Waals surface area contributed by atoms with Crippen LogP contribution in [0.5, 0.6) is 0 Å². The Labute approximate surface area is 126 Å². The minimum Gasteiger partial charge on any atom is -0.325 e. The molecule has 0 aliphatic carbocycles. The molecular formula is C13H17ClIN3. The van der Waals surface area contributed by atoms with Crippen LogP contribution in [0.1, 0.15) is 12.7 Å². The molecule has 98 valence electrons. The van der Waals surface area contributed by atoms with Crippen LogP contribution in [0.15, 0.2) is 18.2 Å². The van der Waals surface area contributed by atoms with Gasteiger partial charge < -0.3 is 9.47 Å². The van der Waals surface area contributed by atoms with Crippen LogP contribution >= 0.6 is 34.2 Å². The number of aromatic nitrogens is 2. The summed E-state index contributed by atoms with van der Waals surface area (Å²) in [4.78, 5) is 6.82. The smallest absolute Gasteiger partial charge is 0.124 e. The van der Waals surface area contributed by atoms with E-state index in [2.05, 4.69) is 76.3 Å². The van der Waals surface area contributed by atoms with Crippen LogP contribution in [-0.4, -0.2) is 34.6 Å². The van der Waals surface area contributed by atoms with Crippen molar-refractivity contribution in [2.45, 2.75) is 25.4 Å². The molecule has 3 nitrogen and oxygen atoms in total. The zero-order valence-corrected chi connectivity index (χ0v) is 13.7. The molecule has 1 unspecified atom stereocenters. The molecule has 0 amide bonds. The fourth-order valence-corrected chi connectivity index (χ4v) is 2.56. The second-order valence-electron chi connectivity index (χ2n) is 4.72. The molecule has 0 radical (unpaired) electrons. The highest BCUT2D eigenvalue weighted by Crippen LogP contribution is 2.21. The summed E-state index contributed by atoms with van der Waals surface area (Å²) in [5.41, 5.74) is 2.20. The molecule has 0 saturated heterocycles. The lowest BCUT2D eigenvalue weighted by Gasteiger charge is -2.21. The second-order valence-corrected chi connectivity index (χ2v) is 6.23. The summed E-state index contributed by atoms with van der Waals surface area (Å²) in [6.07, 6.45) is 0. The quantitative estimate of drug-likeness (QED) is 0.602. The average molecular weight is 378 g/mol. The second kappa shape index (κ2) is 5.75. The Morgan fingerprint density at radius 2 is 2.17 bits per heavy atom. The van der Waals surface area contributed by atoms with E-state index in [1.807, 2.05) is 0 Å². The topological polar surface area (TPSA) is 21.1 Å². The van der Waals surface area contributed by atoms with Gasteiger partial charge in [-0.1, -0.05) is 0 Å². The summed E-state index contributed by atoms with van der Waals surface area (Å²) in [5.74, 6) is 1.40. The predicted octanol–water partition coefficient (Wildman–Crippen LogP) is 3.33. The average Bonchev–Trinajstić information content (AvgIpc) is 2.66. The molecule has 0 aliphatic rings. The monoisotopic (exact) mass is 377 g/mol. The van der Waals surface area contributed by atoms with E-state index in [1.54, 1.807) is 0 Å². The highest BCUT2D eigenvalue weighted by molar-refractivity contribution is 14.1. The largest absolute Gasteiger partial charge is 0.325 e. The third-order valence-corrected chi connectivity index (χ3v) is 4.15. The number of hydrogen-bond acceptors (Lipinski definition) is 2. The van der Waals surface area contributed by atoms with Crippen LogP contribution in [0.4, 0.5) is 0 Å². The van der Waals surface area contributed by atoms with E-state index < -0.39 is 0 Å². The first kappa shape index (κ1) is 14.1. The van der Waals surface area contributed by atoms with Gasteiger partial charge in [0.05, 0.1) is 16.9 Å². The first-order valence-electron chi connectivity index (χ1n) is 5.90. The van der Waals surface area contributed by atoms with Crippen molar-refractivity contribution < 1.29 is 0 Å². The molecular weight excluding hydrogens is 361 g/mol. The van der Waals surface area contributed by atoms with E-state index in [1.165, 1.54) is 9.09 Å². The Balaban J connectivity index is 2.47. The van der Waals surface area contributed by atoms with E-state index >= 15 is 0 Å². The minimum absolute atomic E-state index is 0.448. The minimum atomic E-state index is 0.448. The van der Waals surface area contributed by atoms with Crippen LogP contribution in [-0.2, 0) is 12.4 Å². The lowest BCUT2D eigenvalue weighted by molar-refractivity contribution is 0.284. The van der Waals surface area contributed by atoms with Crippen molar-refractivity contribution in [1.82, 2.24) is 14.5 Å². The summed E-state index contributed by atoms with van der Waals surface area (Å²) in [7, 11) is 4.18. The van der Waals surface area contributed by atoms with E-state index in [4.69, 9.17) is 11.6 Å². The summed E-state index contributed by atoms with van der Waals surface area (Å²) in [5, 5.41) is 0. The highest BCUT2D eigenvalue weighted by Gasteiger charge is 2.13. The van der Waals surface area contributed by atoms with Gasteiger partial charge in [-0.3, -0.25) is 0 Å². The molecule has 0 aliphatic heterocycles. The number of imidazole rings is 1. The summed E-state index contributed by atoms with van der Waals surface area (Å²) < 4.78 is 3.43. The van der Waals surface area contributed by atoms with Crippen molar-refractivity contribution in [1.29, 1.82) is 0 Å². The third-order valence-electron chi connectivity index (χ3n) is 3.24. The Morgan fingerprint density at radius 3 is 2.78 bits per heavy atom. The summed E-state index contributed by atoms with van der Waals surface area (Å²) in [6, 6.07) is 6.79. The van der Waals surface area contributed by atoms with Gasteiger partial charge >= 0.3 is 0 Å². The zero-order valence-electron chi connectivity index (χ0n) is 10.8. The van der Waals surface area contributed by atoms with Gasteiger partial charge in [-0.2, -0.15) is 0 Å². The van der Waals surface area contributed by atoms with Crippen LogP contribution in [0.25, 0.3) is 11.0 Å². The third kappa shape index (κ3) is 2.81. The Hall–Kier alpha value is -0.330. The van der Waals surface area contributed by atoms with Crippen LogP contribution in [0, 0.1) is 3.57 Å². The molecule has 0 spiro atoms. The van der Waals surface area contributed by atoms with E-state index in [-0.39, 0.29) is 0 Å². The number of nitrogens with zero attached hydrogens (tertiary/aromatic N) is 3. The highest BCUT2D eigenvalue weighted by atomic mass is 127. The van der Waals surface area contributed by atoms with Crippen LogP contribution in [0.3, 0.4) is 0 Å². The zero-order chi connectivity index (χ0) is 13.3. The summed E-state index contributed by atoms with van der Waals surface area (Å²) >= 11 is 8.31. The molecule has 1 aromatic heterocycles. The number of hydrogen-bond donors (Lipinski definition) is 0. The number of rotatable bonds is 4. The Kier molecular flexibility index (Phi) is 4.50. The normalized spacial score (nSPS) is 13.4.